The summed E-state index contributed by atoms with van der Waals surface area (Å²) in [6, 6.07) is -0.669. The lowest BCUT2D eigenvalue weighted by molar-refractivity contribution is -0.139. The summed E-state index contributed by atoms with van der Waals surface area (Å²) in [6.07, 6.45) is -5.03. The molecule has 0 fully saturated rings. The number of alkyl halides is 3. The molecule has 1 unspecified atom stereocenters. The number of halogens is 3. The third kappa shape index (κ3) is 4.78. The van der Waals surface area contributed by atoms with Gasteiger partial charge in [-0.25, -0.2) is 0 Å². The Morgan fingerprint density at radius 1 is 1.47 bits per heavy atom. The first-order valence-electron chi connectivity index (χ1n) is 4.46. The molecule has 0 bridgehead atoms. The number of aryl methyl sites for hydroxylation is 1. The Balaban J connectivity index is 2.31. The highest BCUT2D eigenvalue weighted by Gasteiger charge is 2.29. The summed E-state index contributed by atoms with van der Waals surface area (Å²) in [5.41, 5.74) is 0. The molecule has 4 nitrogen and oxygen atoms in total. The van der Waals surface area contributed by atoms with Crippen molar-refractivity contribution in [3.8, 4) is 0 Å². The van der Waals surface area contributed by atoms with Crippen LogP contribution in [0.3, 0.4) is 0 Å². The van der Waals surface area contributed by atoms with Gasteiger partial charge in [0.25, 0.3) is 0 Å². The van der Waals surface area contributed by atoms with Crippen molar-refractivity contribution in [1.82, 2.24) is 15.5 Å². The molecular weight excluding hydrogens is 211 g/mol. The van der Waals surface area contributed by atoms with Crippen molar-refractivity contribution in [2.75, 3.05) is 0 Å². The van der Waals surface area contributed by atoms with Crippen molar-refractivity contribution in [3.63, 3.8) is 0 Å². The number of hydrogen-bond donors (Lipinski definition) is 1. The van der Waals surface area contributed by atoms with Crippen molar-refractivity contribution in [1.29, 1.82) is 0 Å². The Kier molecular flexibility index (Phi) is 3.67. The lowest BCUT2D eigenvalue weighted by Gasteiger charge is -2.14. The molecule has 1 heterocycles. The highest BCUT2D eigenvalue weighted by molar-refractivity contribution is 4.82. The van der Waals surface area contributed by atoms with Crippen LogP contribution >= 0.6 is 0 Å². The van der Waals surface area contributed by atoms with Crippen LogP contribution in [-0.2, 0) is 6.54 Å². The lowest BCUT2D eigenvalue weighted by atomic mass is 10.2. The summed E-state index contributed by atoms with van der Waals surface area (Å²) in [5, 5.41) is 6.17. The Hall–Kier alpha value is -1.11. The molecule has 0 amide bonds. The molecular formula is C8H12F3N3O. The van der Waals surface area contributed by atoms with Crippen molar-refractivity contribution >= 4 is 0 Å². The second-order valence-electron chi connectivity index (χ2n) is 3.34. The predicted octanol–water partition coefficient (Wildman–Crippen LogP) is 1.81. The number of nitrogens with zero attached hydrogens (tertiary/aromatic N) is 2. The van der Waals surface area contributed by atoms with Gasteiger partial charge in [0.05, 0.1) is 13.0 Å². The fraction of sp³-hybridized carbons (Fsp3) is 0.750. The van der Waals surface area contributed by atoms with Gasteiger partial charge >= 0.3 is 6.18 Å². The highest BCUT2D eigenvalue weighted by atomic mass is 19.4. The van der Waals surface area contributed by atoms with Gasteiger partial charge in [-0.1, -0.05) is 5.16 Å². The molecule has 15 heavy (non-hydrogen) atoms. The summed E-state index contributed by atoms with van der Waals surface area (Å²) in [6.45, 7) is 3.25. The van der Waals surface area contributed by atoms with E-state index < -0.39 is 18.6 Å². The largest absolute Gasteiger partial charge is 0.390 e. The third-order valence-electron chi connectivity index (χ3n) is 1.71. The molecule has 0 saturated carbocycles. The molecule has 7 heteroatoms. The minimum absolute atomic E-state index is 0.151. The van der Waals surface area contributed by atoms with E-state index in [9.17, 15) is 13.2 Å². The molecule has 0 aromatic carbocycles. The topological polar surface area (TPSA) is 51.0 Å². The molecule has 1 rings (SSSR count). The fourth-order valence-electron chi connectivity index (χ4n) is 1.09. The van der Waals surface area contributed by atoms with Crippen molar-refractivity contribution in [2.45, 2.75) is 39.0 Å². The number of nitrogens with one attached hydrogen (secondary N) is 1. The lowest BCUT2D eigenvalue weighted by Crippen LogP contribution is -2.30. The smallest absolute Gasteiger partial charge is 0.338 e. The Labute approximate surface area is 84.9 Å². The quantitative estimate of drug-likeness (QED) is 0.845. The summed E-state index contributed by atoms with van der Waals surface area (Å²) >= 11 is 0. The minimum atomic E-state index is -4.16. The van der Waals surface area contributed by atoms with Crippen LogP contribution in [0.15, 0.2) is 4.52 Å². The van der Waals surface area contributed by atoms with Gasteiger partial charge in [-0.05, 0) is 13.8 Å². The summed E-state index contributed by atoms with van der Waals surface area (Å²) < 4.78 is 40.6. The van der Waals surface area contributed by atoms with Crippen molar-refractivity contribution in [2.24, 2.45) is 0 Å². The molecule has 0 aliphatic heterocycles. The van der Waals surface area contributed by atoms with Crippen molar-refractivity contribution in [3.05, 3.63) is 11.7 Å². The first-order valence-corrected chi connectivity index (χ1v) is 4.46. The van der Waals surface area contributed by atoms with E-state index in [4.69, 9.17) is 4.52 Å². The van der Waals surface area contributed by atoms with E-state index in [-0.39, 0.29) is 6.54 Å². The fourth-order valence-corrected chi connectivity index (χ4v) is 1.09. The van der Waals surface area contributed by atoms with Crippen LogP contribution in [0.5, 0.6) is 0 Å². The number of aromatic nitrogens is 2. The zero-order chi connectivity index (χ0) is 11.5. The number of rotatable bonds is 4. The molecule has 1 aromatic rings. The van der Waals surface area contributed by atoms with E-state index in [1.807, 2.05) is 0 Å². The molecule has 0 saturated heterocycles. The minimum Gasteiger partial charge on any atom is -0.338 e. The van der Waals surface area contributed by atoms with E-state index in [1.54, 1.807) is 6.92 Å². The van der Waals surface area contributed by atoms with Crippen LogP contribution in [0.4, 0.5) is 13.2 Å². The van der Waals surface area contributed by atoms with Crippen LogP contribution < -0.4 is 5.32 Å². The van der Waals surface area contributed by atoms with Gasteiger partial charge < -0.3 is 9.84 Å². The average Bonchev–Trinajstić information content (AvgIpc) is 2.45. The van der Waals surface area contributed by atoms with E-state index in [0.29, 0.717) is 11.7 Å². The third-order valence-corrected chi connectivity index (χ3v) is 1.71. The Morgan fingerprint density at radius 2 is 2.13 bits per heavy atom. The van der Waals surface area contributed by atoms with Gasteiger partial charge in [0.1, 0.15) is 0 Å². The van der Waals surface area contributed by atoms with E-state index >= 15 is 0 Å². The second kappa shape index (κ2) is 4.61. The summed E-state index contributed by atoms with van der Waals surface area (Å²) in [7, 11) is 0. The maximum atomic E-state index is 11.9. The van der Waals surface area contributed by atoms with Gasteiger partial charge in [-0.2, -0.15) is 18.2 Å². The van der Waals surface area contributed by atoms with E-state index in [0.717, 1.165) is 0 Å². The van der Waals surface area contributed by atoms with E-state index in [1.165, 1.54) is 6.92 Å². The Bertz CT molecular complexity index is 310. The SMILES string of the molecule is Cc1noc(CNC(C)CC(F)(F)F)n1. The van der Waals surface area contributed by atoms with Gasteiger partial charge in [0.2, 0.25) is 5.89 Å². The van der Waals surface area contributed by atoms with Gasteiger partial charge in [0, 0.05) is 6.04 Å². The Morgan fingerprint density at radius 3 is 2.60 bits per heavy atom. The molecule has 0 spiro atoms. The maximum absolute atomic E-state index is 11.9. The van der Waals surface area contributed by atoms with Crippen LogP contribution in [0.25, 0.3) is 0 Å². The van der Waals surface area contributed by atoms with Crippen LogP contribution in [-0.4, -0.2) is 22.4 Å². The monoisotopic (exact) mass is 223 g/mol. The maximum Gasteiger partial charge on any atom is 0.390 e. The molecule has 1 aromatic heterocycles. The first kappa shape index (κ1) is 12.0. The zero-order valence-corrected chi connectivity index (χ0v) is 8.43. The molecule has 0 aliphatic rings. The molecule has 1 N–H and O–H groups in total. The normalized spacial score (nSPS) is 14.2. The summed E-state index contributed by atoms with van der Waals surface area (Å²) in [4.78, 5) is 3.86. The first-order chi connectivity index (χ1) is 6.87. The second-order valence-corrected chi connectivity index (χ2v) is 3.34. The molecule has 86 valence electrons. The van der Waals surface area contributed by atoms with Crippen LogP contribution in [0, 0.1) is 6.92 Å². The van der Waals surface area contributed by atoms with Crippen molar-refractivity contribution < 1.29 is 17.7 Å². The predicted molar refractivity (Wildman–Crippen MR) is 46.0 cm³/mol. The van der Waals surface area contributed by atoms with E-state index in [2.05, 4.69) is 15.5 Å². The van der Waals surface area contributed by atoms with Gasteiger partial charge in [-0.3, -0.25) is 0 Å². The van der Waals surface area contributed by atoms with Gasteiger partial charge in [0.15, 0.2) is 5.82 Å². The molecule has 1 atom stereocenters. The number of hydrogen-bond acceptors (Lipinski definition) is 4. The zero-order valence-electron chi connectivity index (χ0n) is 8.43. The van der Waals surface area contributed by atoms with Crippen LogP contribution in [0.2, 0.25) is 0 Å². The van der Waals surface area contributed by atoms with Gasteiger partial charge in [-0.15, -0.1) is 0 Å². The average molecular weight is 223 g/mol. The molecule has 0 radical (unpaired) electrons. The highest BCUT2D eigenvalue weighted by Crippen LogP contribution is 2.21. The molecule has 0 aliphatic carbocycles. The standard InChI is InChI=1S/C8H12F3N3O/c1-5(3-8(9,10)11)12-4-7-13-6(2)14-15-7/h5,12H,3-4H2,1-2H3. The van der Waals surface area contributed by atoms with Crippen LogP contribution in [0.1, 0.15) is 25.1 Å². The summed E-state index contributed by atoms with van der Waals surface area (Å²) in [5.74, 6) is 0.761.